The predicted molar refractivity (Wildman–Crippen MR) is 64.6 cm³/mol. The van der Waals surface area contributed by atoms with E-state index in [0.717, 1.165) is 12.8 Å². The van der Waals surface area contributed by atoms with Crippen molar-refractivity contribution in [1.29, 1.82) is 0 Å². The molecule has 0 radical (unpaired) electrons. The minimum atomic E-state index is -0.594. The first kappa shape index (κ1) is 13.2. The van der Waals surface area contributed by atoms with Gasteiger partial charge in [-0.1, -0.05) is 13.3 Å². The number of rotatable bonds is 5. The van der Waals surface area contributed by atoms with Gasteiger partial charge in [0.05, 0.1) is 5.56 Å². The van der Waals surface area contributed by atoms with E-state index in [4.69, 9.17) is 5.73 Å². The first-order valence-corrected chi connectivity index (χ1v) is 5.57. The fraction of sp³-hybridized carbons (Fsp3) is 0.417. The van der Waals surface area contributed by atoms with E-state index in [1.807, 2.05) is 0 Å². The molecule has 0 aliphatic rings. The molecule has 17 heavy (non-hydrogen) atoms. The van der Waals surface area contributed by atoms with Gasteiger partial charge in [-0.15, -0.1) is 0 Å². The smallest absolute Gasteiger partial charge is 0.267 e. The van der Waals surface area contributed by atoms with Gasteiger partial charge in [0.2, 0.25) is 0 Å². The molecular weight excluding hydrogens is 218 g/mol. The highest BCUT2D eigenvalue weighted by Crippen LogP contribution is 2.04. The van der Waals surface area contributed by atoms with Crippen LogP contribution >= 0.6 is 0 Å². The number of hydrogen-bond donors (Lipinski definition) is 1. The van der Waals surface area contributed by atoms with Gasteiger partial charge in [0.25, 0.3) is 11.8 Å². The molecule has 1 rings (SSSR count). The Hall–Kier alpha value is -1.91. The third kappa shape index (κ3) is 3.55. The van der Waals surface area contributed by atoms with Crippen LogP contribution in [0.1, 0.15) is 40.6 Å². The molecule has 0 spiro atoms. The number of nitrogens with zero attached hydrogens (tertiary/aromatic N) is 2. The van der Waals surface area contributed by atoms with Crippen LogP contribution in [0.5, 0.6) is 0 Å². The molecule has 2 N–H and O–H groups in total. The Morgan fingerprint density at radius 1 is 1.41 bits per heavy atom. The van der Waals surface area contributed by atoms with Gasteiger partial charge < -0.3 is 10.6 Å². The van der Waals surface area contributed by atoms with Crippen LogP contribution in [0.4, 0.5) is 0 Å². The Morgan fingerprint density at radius 3 is 2.59 bits per heavy atom. The van der Waals surface area contributed by atoms with E-state index < -0.39 is 5.91 Å². The zero-order valence-corrected chi connectivity index (χ0v) is 10.1. The molecule has 0 fully saturated rings. The van der Waals surface area contributed by atoms with Gasteiger partial charge in [-0.3, -0.25) is 14.6 Å². The normalized spacial score (nSPS) is 10.0. The van der Waals surface area contributed by atoms with Crippen LogP contribution in [0.3, 0.4) is 0 Å². The second-order valence-corrected chi connectivity index (χ2v) is 3.88. The van der Waals surface area contributed by atoms with Gasteiger partial charge in [-0.25, -0.2) is 0 Å². The average molecular weight is 235 g/mol. The van der Waals surface area contributed by atoms with Gasteiger partial charge in [-0.2, -0.15) is 0 Å². The van der Waals surface area contributed by atoms with Crippen molar-refractivity contribution < 1.29 is 9.59 Å². The number of hydrogen-bond acceptors (Lipinski definition) is 3. The lowest BCUT2D eigenvalue weighted by atomic mass is 10.2. The molecule has 1 heterocycles. The first-order valence-electron chi connectivity index (χ1n) is 5.57. The number of nitrogens with two attached hydrogens (primary N) is 1. The Bertz CT molecular complexity index is 401. The van der Waals surface area contributed by atoms with E-state index in [1.165, 1.54) is 12.3 Å². The summed E-state index contributed by atoms with van der Waals surface area (Å²) in [5.41, 5.74) is 5.70. The molecule has 0 bridgehead atoms. The largest absolute Gasteiger partial charge is 0.364 e. The van der Waals surface area contributed by atoms with E-state index in [9.17, 15) is 9.59 Å². The summed E-state index contributed by atoms with van der Waals surface area (Å²) in [5.74, 6) is -0.690. The summed E-state index contributed by atoms with van der Waals surface area (Å²) in [4.78, 5) is 28.2. The maximum atomic E-state index is 11.9. The number of carbonyl (C=O) groups is 2. The third-order valence-corrected chi connectivity index (χ3v) is 2.46. The van der Waals surface area contributed by atoms with Crippen molar-refractivity contribution in [3.8, 4) is 0 Å². The first-order chi connectivity index (χ1) is 8.06. The summed E-state index contributed by atoms with van der Waals surface area (Å²) in [6.45, 7) is 2.79. The van der Waals surface area contributed by atoms with Crippen LogP contribution in [0.2, 0.25) is 0 Å². The highest BCUT2D eigenvalue weighted by atomic mass is 16.2. The number of pyridine rings is 1. The van der Waals surface area contributed by atoms with Crippen molar-refractivity contribution in [3.63, 3.8) is 0 Å². The zero-order chi connectivity index (χ0) is 12.8. The highest BCUT2D eigenvalue weighted by molar-refractivity contribution is 5.95. The zero-order valence-electron chi connectivity index (χ0n) is 10.1. The van der Waals surface area contributed by atoms with Crippen LogP contribution in [0, 0.1) is 0 Å². The molecule has 0 saturated carbocycles. The molecule has 0 aliphatic heterocycles. The van der Waals surface area contributed by atoms with Crippen LogP contribution < -0.4 is 5.73 Å². The van der Waals surface area contributed by atoms with Gasteiger partial charge >= 0.3 is 0 Å². The topological polar surface area (TPSA) is 76.3 Å². The van der Waals surface area contributed by atoms with Crippen molar-refractivity contribution in [1.82, 2.24) is 9.88 Å². The second kappa shape index (κ2) is 5.98. The molecule has 1 aromatic rings. The van der Waals surface area contributed by atoms with Crippen LogP contribution in [-0.4, -0.2) is 35.3 Å². The van der Waals surface area contributed by atoms with Crippen LogP contribution in [0.25, 0.3) is 0 Å². The average Bonchev–Trinajstić information content (AvgIpc) is 2.35. The minimum Gasteiger partial charge on any atom is -0.364 e. The van der Waals surface area contributed by atoms with Gasteiger partial charge in [0.1, 0.15) is 5.69 Å². The summed E-state index contributed by atoms with van der Waals surface area (Å²) in [5, 5.41) is 0. The summed E-state index contributed by atoms with van der Waals surface area (Å²) >= 11 is 0. The third-order valence-electron chi connectivity index (χ3n) is 2.46. The van der Waals surface area contributed by atoms with Crippen molar-refractivity contribution in [2.45, 2.75) is 19.8 Å². The summed E-state index contributed by atoms with van der Waals surface area (Å²) in [7, 11) is 1.75. The lowest BCUT2D eigenvalue weighted by Gasteiger charge is -2.16. The number of carbonyl (C=O) groups excluding carboxylic acids is 2. The summed E-state index contributed by atoms with van der Waals surface area (Å²) in [6.07, 6.45) is 3.39. The molecule has 0 aromatic carbocycles. The van der Waals surface area contributed by atoms with E-state index in [-0.39, 0.29) is 11.6 Å². The van der Waals surface area contributed by atoms with E-state index in [1.54, 1.807) is 18.0 Å². The maximum absolute atomic E-state index is 11.9. The molecule has 92 valence electrons. The Kier molecular flexibility index (Phi) is 4.63. The number of unbranched alkanes of at least 4 members (excludes halogenated alkanes) is 1. The van der Waals surface area contributed by atoms with Crippen LogP contribution in [-0.2, 0) is 0 Å². The minimum absolute atomic E-state index is 0.0954. The Morgan fingerprint density at radius 2 is 2.12 bits per heavy atom. The molecule has 1 aromatic heterocycles. The van der Waals surface area contributed by atoms with E-state index >= 15 is 0 Å². The van der Waals surface area contributed by atoms with Crippen molar-refractivity contribution in [2.75, 3.05) is 13.6 Å². The fourth-order valence-corrected chi connectivity index (χ4v) is 1.38. The van der Waals surface area contributed by atoms with Gasteiger partial charge in [0, 0.05) is 19.8 Å². The number of amides is 2. The van der Waals surface area contributed by atoms with Crippen LogP contribution in [0.15, 0.2) is 18.3 Å². The molecule has 0 atom stereocenters. The Labute approximate surface area is 101 Å². The lowest BCUT2D eigenvalue weighted by Crippen LogP contribution is -2.28. The van der Waals surface area contributed by atoms with Crippen molar-refractivity contribution >= 4 is 11.8 Å². The maximum Gasteiger partial charge on any atom is 0.267 e. The molecule has 0 unspecified atom stereocenters. The molecule has 5 heteroatoms. The van der Waals surface area contributed by atoms with Gasteiger partial charge in [0.15, 0.2) is 0 Å². The Balaban J connectivity index is 2.72. The number of primary amides is 1. The standard InChI is InChI=1S/C12H17N3O2/c1-3-4-7-15(2)12(17)9-5-6-10(11(13)16)14-8-9/h5-6,8H,3-4,7H2,1-2H3,(H2,13,16). The fourth-order valence-electron chi connectivity index (χ4n) is 1.38. The van der Waals surface area contributed by atoms with Crippen molar-refractivity contribution in [3.05, 3.63) is 29.6 Å². The molecule has 0 saturated heterocycles. The molecular formula is C12H17N3O2. The summed E-state index contributed by atoms with van der Waals surface area (Å²) < 4.78 is 0. The summed E-state index contributed by atoms with van der Waals surface area (Å²) in [6, 6.07) is 3.03. The van der Waals surface area contributed by atoms with E-state index in [2.05, 4.69) is 11.9 Å². The van der Waals surface area contributed by atoms with E-state index in [0.29, 0.717) is 12.1 Å². The molecule has 0 aliphatic carbocycles. The highest BCUT2D eigenvalue weighted by Gasteiger charge is 2.12. The molecule has 5 nitrogen and oxygen atoms in total. The quantitative estimate of drug-likeness (QED) is 0.828. The monoisotopic (exact) mass is 235 g/mol. The molecule has 2 amide bonds. The predicted octanol–water partition coefficient (Wildman–Crippen LogP) is 1.05. The van der Waals surface area contributed by atoms with Crippen molar-refractivity contribution in [2.24, 2.45) is 5.73 Å². The van der Waals surface area contributed by atoms with Gasteiger partial charge in [-0.05, 0) is 18.6 Å². The number of aromatic nitrogens is 1. The second-order valence-electron chi connectivity index (χ2n) is 3.88. The SMILES string of the molecule is CCCCN(C)C(=O)c1ccc(C(N)=O)nc1. The lowest BCUT2D eigenvalue weighted by molar-refractivity contribution is 0.0792.